The highest BCUT2D eigenvalue weighted by Crippen LogP contribution is 2.42. The lowest BCUT2D eigenvalue weighted by Gasteiger charge is -2.27. The number of hydrogen-bond donors (Lipinski definition) is 20. The molecule has 34 heteroatoms. The zero-order valence-corrected chi connectivity index (χ0v) is 55.4. The number of nitrogens with one attached hydrogen (secondary N) is 12. The summed E-state index contributed by atoms with van der Waals surface area (Å²) in [4.78, 5) is 184. The zero-order chi connectivity index (χ0) is 72.6. The third-order valence-corrected chi connectivity index (χ3v) is 14.7. The van der Waals surface area contributed by atoms with Crippen molar-refractivity contribution < 1.29 is 97.8 Å². The van der Waals surface area contributed by atoms with Crippen LogP contribution in [0.5, 0.6) is 11.5 Å². The summed E-state index contributed by atoms with van der Waals surface area (Å²) in [5, 5.41) is 90.2. The van der Waals surface area contributed by atoms with Gasteiger partial charge in [-0.1, -0.05) is 55.4 Å². The molecule has 1 aliphatic carbocycles. The van der Waals surface area contributed by atoms with E-state index in [0.717, 1.165) is 12.1 Å². The number of hydrogen-bond acceptors (Lipinski definition) is 22. The van der Waals surface area contributed by atoms with Gasteiger partial charge < -0.3 is 106 Å². The summed E-state index contributed by atoms with van der Waals surface area (Å²) in [6.07, 6.45) is -1.12. The topological polar surface area (TPSA) is 557 Å². The third-order valence-electron chi connectivity index (χ3n) is 14.7. The normalized spacial score (nSPS) is 14.9. The average Bonchev–Trinajstić information content (AvgIpc) is 0.733. The lowest BCUT2D eigenvalue weighted by Crippen LogP contribution is -2.59. The molecular weight excluding hydrogens is 1260 g/mol. The summed E-state index contributed by atoms with van der Waals surface area (Å²) >= 11 is 0. The number of aromatic hydroxyl groups is 2. The summed E-state index contributed by atoms with van der Waals surface area (Å²) in [5.74, 6) is -14.9. The van der Waals surface area contributed by atoms with Gasteiger partial charge in [-0.3, -0.25) is 67.1 Å². The van der Waals surface area contributed by atoms with Crippen LogP contribution >= 0.6 is 0 Å². The molecule has 0 aliphatic heterocycles. The molecule has 96 heavy (non-hydrogen) atoms. The molecule has 2 aromatic carbocycles. The van der Waals surface area contributed by atoms with Crippen molar-refractivity contribution in [3.63, 3.8) is 0 Å². The van der Waals surface area contributed by atoms with Crippen molar-refractivity contribution in [3.05, 3.63) is 46.5 Å². The van der Waals surface area contributed by atoms with Gasteiger partial charge in [0.05, 0.1) is 60.4 Å². The summed E-state index contributed by atoms with van der Waals surface area (Å²) in [7, 11) is 0. The number of aliphatic hydroxyl groups excluding tert-OH is 2. The molecule has 0 spiro atoms. The van der Waals surface area contributed by atoms with Crippen LogP contribution in [-0.2, 0) is 57.5 Å². The van der Waals surface area contributed by atoms with Crippen LogP contribution in [0.4, 0.5) is 11.4 Å². The minimum absolute atomic E-state index is 0.0715. The molecule has 34 nitrogen and oxygen atoms in total. The van der Waals surface area contributed by atoms with Crippen LogP contribution in [0.15, 0.2) is 24.3 Å². The largest absolute Gasteiger partial charge is 0.507 e. The van der Waals surface area contributed by atoms with Gasteiger partial charge in [-0.25, -0.2) is 0 Å². The van der Waals surface area contributed by atoms with Gasteiger partial charge in [-0.05, 0) is 87.5 Å². The van der Waals surface area contributed by atoms with Gasteiger partial charge in [0.2, 0.25) is 70.6 Å². The number of anilines is 2. The van der Waals surface area contributed by atoms with Crippen LogP contribution in [0.1, 0.15) is 140 Å². The van der Waals surface area contributed by atoms with E-state index < -0.39 is 192 Å². The number of fused-ring (bicyclic) bond motifs is 2. The van der Waals surface area contributed by atoms with Crippen molar-refractivity contribution in [3.8, 4) is 11.5 Å². The Balaban J connectivity index is 1.77. The molecule has 0 saturated heterocycles. The minimum Gasteiger partial charge on any atom is -0.507 e. The van der Waals surface area contributed by atoms with Crippen molar-refractivity contribution in [2.24, 2.45) is 35.1 Å². The SMILES string of the molecule is CC(C)C[C@H](NC(=O)[C@H](C)NC(=O)[C@H](CO)NC(=O)[C@@H](N)CC(=O)O)C(=O)N[C@@H](CC(C)C)C(=O)NCCNc1ccc(NCCNC(=O)[C@H](CC(C)C)NC(=O)[C@H](CC(C)C)NC(=O)[C@H](C)NC(=O)[C@H](CO)NC(=O)[C@@H](N)CC(=O)O)c2c1C(=O)c1c(O)ccc(O)c1C2=O. The van der Waals surface area contributed by atoms with Crippen molar-refractivity contribution in [2.45, 2.75) is 168 Å². The van der Waals surface area contributed by atoms with Gasteiger partial charge in [0.25, 0.3) is 0 Å². The second kappa shape index (κ2) is 38.1. The Bertz CT molecular complexity index is 2970. The van der Waals surface area contributed by atoms with Gasteiger partial charge in [0.1, 0.15) is 59.8 Å². The Labute approximate surface area is 554 Å². The van der Waals surface area contributed by atoms with E-state index >= 15 is 0 Å². The summed E-state index contributed by atoms with van der Waals surface area (Å²) in [6.45, 7) is 14.5. The number of ketones is 2. The highest BCUT2D eigenvalue weighted by Gasteiger charge is 2.39. The maximum Gasteiger partial charge on any atom is 0.305 e. The molecule has 10 amide bonds. The summed E-state index contributed by atoms with van der Waals surface area (Å²) in [6, 6.07) is -8.79. The Morgan fingerprint density at radius 2 is 0.635 bits per heavy atom. The number of carbonyl (C=O) groups is 14. The second-order valence-electron chi connectivity index (χ2n) is 25.0. The Morgan fingerprint density at radius 3 is 0.917 bits per heavy atom. The monoisotopic (exact) mass is 1350 g/mol. The number of carboxylic acids is 2. The molecule has 0 fully saturated rings. The van der Waals surface area contributed by atoms with E-state index in [1.165, 1.54) is 26.0 Å². The fourth-order valence-electron chi connectivity index (χ4n) is 9.89. The van der Waals surface area contributed by atoms with Crippen LogP contribution in [0, 0.1) is 23.7 Å². The van der Waals surface area contributed by atoms with Crippen molar-refractivity contribution in [1.82, 2.24) is 53.2 Å². The number of amides is 10. The molecule has 10 atom stereocenters. The molecular formula is C62H94N14O20. The number of carboxylic acid groups (broad SMARTS) is 2. The maximum atomic E-state index is 14.4. The number of benzene rings is 2. The van der Waals surface area contributed by atoms with E-state index in [9.17, 15) is 87.5 Å². The predicted octanol–water partition coefficient (Wildman–Crippen LogP) is -3.38. The Hall–Kier alpha value is -9.54. The number of nitrogens with two attached hydrogens (primary N) is 2. The molecule has 0 radical (unpaired) electrons. The molecule has 3 rings (SSSR count). The standard InChI is InChI=1S/C62H94N14O20/c1-27(2)19-37(73-59(93)39(21-29(5)6)71-53(87)31(9)69-61(95)41(25-77)75-55(89)33(63)23-45(81)82)57(91)67-17-15-65-35-11-12-36(48-47(35)51(85)49-43(79)13-14-44(80)50(49)52(48)86)66-16-18-68-58(92)38(20-28(3)4)74-60(94)40(22-30(7)8)72-54(88)32(10)70-62(96)42(26-78)76-56(90)34(64)24-46(83)84/h11-14,27-34,37-42,65-66,77-80H,15-26,63-64H2,1-10H3,(H,67,91)(H,68,92)(H,69,95)(H,70,96)(H,71,87)(H,72,88)(H,73,93)(H,74,94)(H,75,89)(H,76,90)(H,81,82)(H,83,84)/t31-,32-,33-,34-,37-,38-,39-,40-,41-,42-/m0/s1. The van der Waals surface area contributed by atoms with E-state index in [2.05, 4.69) is 63.8 Å². The second-order valence-corrected chi connectivity index (χ2v) is 25.0. The van der Waals surface area contributed by atoms with Gasteiger partial charge in [0, 0.05) is 37.6 Å². The smallest absolute Gasteiger partial charge is 0.305 e. The fraction of sp³-hybridized carbons (Fsp3) is 0.581. The van der Waals surface area contributed by atoms with Crippen molar-refractivity contribution in [1.29, 1.82) is 0 Å². The molecule has 532 valence electrons. The molecule has 22 N–H and O–H groups in total. The first kappa shape index (κ1) is 80.7. The van der Waals surface area contributed by atoms with E-state index in [1.54, 1.807) is 55.4 Å². The number of rotatable bonds is 40. The van der Waals surface area contributed by atoms with Crippen LogP contribution in [0.25, 0.3) is 0 Å². The zero-order valence-electron chi connectivity index (χ0n) is 55.4. The molecule has 2 aromatic rings. The van der Waals surface area contributed by atoms with Gasteiger partial charge in [0.15, 0.2) is 0 Å². The first-order valence-electron chi connectivity index (χ1n) is 31.4. The third kappa shape index (κ3) is 24.7. The molecule has 1 aliphatic rings. The number of carbonyl (C=O) groups excluding carboxylic acids is 12. The van der Waals surface area contributed by atoms with Gasteiger partial charge in [-0.15, -0.1) is 0 Å². The maximum absolute atomic E-state index is 14.4. The minimum atomic E-state index is -1.62. The van der Waals surface area contributed by atoms with E-state index in [-0.39, 0.29) is 98.0 Å². The van der Waals surface area contributed by atoms with E-state index in [4.69, 9.17) is 21.7 Å². The molecule has 0 unspecified atom stereocenters. The number of aliphatic carboxylic acids is 2. The fourth-order valence-corrected chi connectivity index (χ4v) is 9.89. The van der Waals surface area contributed by atoms with Gasteiger partial charge >= 0.3 is 11.9 Å². The number of aliphatic hydroxyl groups is 2. The van der Waals surface area contributed by atoms with E-state index in [1.807, 2.05) is 0 Å². The van der Waals surface area contributed by atoms with Crippen LogP contribution < -0.4 is 75.3 Å². The quantitative estimate of drug-likeness (QED) is 0.0195. The highest BCUT2D eigenvalue weighted by molar-refractivity contribution is 6.33. The lowest BCUT2D eigenvalue weighted by molar-refractivity contribution is -0.140. The van der Waals surface area contributed by atoms with Crippen LogP contribution in [0.2, 0.25) is 0 Å². The Kier molecular flexibility index (Phi) is 32.0. The van der Waals surface area contributed by atoms with Crippen LogP contribution in [0.3, 0.4) is 0 Å². The first-order chi connectivity index (χ1) is 44.9. The van der Waals surface area contributed by atoms with Crippen molar-refractivity contribution >= 4 is 94.0 Å². The number of phenols is 2. The lowest BCUT2D eigenvalue weighted by atomic mass is 9.81. The highest BCUT2D eigenvalue weighted by atomic mass is 16.4. The molecule has 0 bridgehead atoms. The number of phenolic OH excluding ortho intramolecular Hbond substituents is 2. The van der Waals surface area contributed by atoms with E-state index in [0.29, 0.717) is 0 Å². The van der Waals surface area contributed by atoms with Crippen LogP contribution in [-0.4, -0.2) is 213 Å². The molecule has 0 saturated carbocycles. The van der Waals surface area contributed by atoms with Crippen molar-refractivity contribution in [2.75, 3.05) is 50.0 Å². The molecule has 0 aromatic heterocycles. The Morgan fingerprint density at radius 1 is 0.365 bits per heavy atom. The van der Waals surface area contributed by atoms with Gasteiger partial charge in [-0.2, -0.15) is 0 Å². The summed E-state index contributed by atoms with van der Waals surface area (Å²) < 4.78 is 0. The molecule has 0 heterocycles. The average molecular weight is 1360 g/mol. The first-order valence-corrected chi connectivity index (χ1v) is 31.4. The summed E-state index contributed by atoms with van der Waals surface area (Å²) in [5.41, 5.74) is 9.85. The predicted molar refractivity (Wildman–Crippen MR) is 345 cm³/mol.